The zero-order chi connectivity index (χ0) is 26.6. The second-order valence-corrected chi connectivity index (χ2v) is 8.94. The molecule has 0 aliphatic carbocycles. The van der Waals surface area contributed by atoms with Gasteiger partial charge in [0.05, 0.1) is 29.2 Å². The molecule has 0 bridgehead atoms. The quantitative estimate of drug-likeness (QED) is 0.184. The maximum atomic E-state index is 12.8. The Morgan fingerprint density at radius 1 is 0.889 bits per heavy atom. The number of hydrogen-bond donors (Lipinski definition) is 2. The van der Waals surface area contributed by atoms with Crippen molar-refractivity contribution in [2.24, 2.45) is 5.73 Å². The number of nitrogens with one attached hydrogen (secondary N) is 1. The fourth-order valence-corrected chi connectivity index (χ4v) is 3.42. The summed E-state index contributed by atoms with van der Waals surface area (Å²) in [5, 5.41) is 3.23. The summed E-state index contributed by atoms with van der Waals surface area (Å²) >= 11 is 13.4. The summed E-state index contributed by atoms with van der Waals surface area (Å²) in [4.78, 5) is 15.3. The van der Waals surface area contributed by atoms with Crippen LogP contribution in [0.4, 0.5) is 18.9 Å². The first-order chi connectivity index (χ1) is 17.1. The molecule has 0 spiro atoms. The summed E-state index contributed by atoms with van der Waals surface area (Å²) in [7, 11) is 0. The Bertz CT molecular complexity index is 1220. The molecule has 4 rings (SSSR count). The van der Waals surface area contributed by atoms with Gasteiger partial charge in [-0.05, 0) is 71.5 Å². The Kier molecular flexibility index (Phi) is 12.3. The number of hydrogen-bond acceptors (Lipinski definition) is 6. The zero-order valence-electron chi connectivity index (χ0n) is 19.0. The first kappa shape index (κ1) is 29.7. The van der Waals surface area contributed by atoms with Gasteiger partial charge in [-0.3, -0.25) is 9.97 Å². The van der Waals surface area contributed by atoms with Crippen molar-refractivity contribution >= 4 is 51.5 Å². The molecule has 0 unspecified atom stereocenters. The van der Waals surface area contributed by atoms with Crippen LogP contribution in [0, 0.1) is 10.5 Å². The van der Waals surface area contributed by atoms with Crippen molar-refractivity contribution in [3.8, 4) is 0 Å². The lowest BCUT2D eigenvalue weighted by atomic mass is 10.2. The second kappa shape index (κ2) is 14.9. The van der Waals surface area contributed by atoms with Gasteiger partial charge in [-0.15, -0.1) is 0 Å². The van der Waals surface area contributed by atoms with E-state index in [2.05, 4.69) is 47.8 Å². The first-order valence-electron chi connectivity index (χ1n) is 10.3. The molecule has 4 heterocycles. The van der Waals surface area contributed by atoms with Crippen molar-refractivity contribution < 1.29 is 13.2 Å². The number of pyridine rings is 4. The molecule has 0 aliphatic heterocycles. The van der Waals surface area contributed by atoms with Crippen LogP contribution < -0.4 is 11.1 Å². The van der Waals surface area contributed by atoms with Crippen molar-refractivity contribution in [1.29, 1.82) is 0 Å². The summed E-state index contributed by atoms with van der Waals surface area (Å²) in [5.74, 6) is 0. The molecule has 0 radical (unpaired) electrons. The van der Waals surface area contributed by atoms with Crippen LogP contribution >= 0.6 is 45.8 Å². The van der Waals surface area contributed by atoms with E-state index in [1.165, 1.54) is 5.56 Å². The molecule has 0 fully saturated rings. The van der Waals surface area contributed by atoms with Gasteiger partial charge in [-0.25, -0.2) is 9.97 Å². The van der Waals surface area contributed by atoms with E-state index in [0.717, 1.165) is 15.3 Å². The lowest BCUT2D eigenvalue weighted by Crippen LogP contribution is -2.12. The molecule has 4 aromatic rings. The van der Waals surface area contributed by atoms with Gasteiger partial charge >= 0.3 is 6.18 Å². The zero-order valence-corrected chi connectivity index (χ0v) is 22.6. The molecule has 0 amide bonds. The van der Waals surface area contributed by atoms with Gasteiger partial charge in [0.1, 0.15) is 10.3 Å². The number of aryl methyl sites for hydroxylation is 1. The third-order valence-corrected chi connectivity index (χ3v) is 5.88. The smallest absolute Gasteiger partial charge is 0.379 e. The van der Waals surface area contributed by atoms with Crippen LogP contribution in [0.5, 0.6) is 0 Å². The summed E-state index contributed by atoms with van der Waals surface area (Å²) in [6.45, 7) is 2.70. The highest BCUT2D eigenvalue weighted by atomic mass is 127. The average Bonchev–Trinajstić information content (AvgIpc) is 2.86. The SMILES string of the molecule is Cc1cnc(Cl)cc1I.FC(F)(F)c1cnc(Cl)cc1NCc1ccccn1.NCc1ccccn1. The monoisotopic (exact) mass is 648 g/mol. The minimum atomic E-state index is -4.48. The fraction of sp³-hybridized carbons (Fsp3) is 0.167. The highest BCUT2D eigenvalue weighted by Gasteiger charge is 2.34. The van der Waals surface area contributed by atoms with E-state index >= 15 is 0 Å². The highest BCUT2D eigenvalue weighted by Crippen LogP contribution is 2.35. The predicted molar refractivity (Wildman–Crippen MR) is 145 cm³/mol. The van der Waals surface area contributed by atoms with E-state index in [1.54, 1.807) is 36.8 Å². The number of rotatable bonds is 4. The molecule has 6 nitrogen and oxygen atoms in total. The Balaban J connectivity index is 0.000000221. The summed E-state index contributed by atoms with van der Waals surface area (Å²) < 4.78 is 39.5. The standard InChI is InChI=1S/C12H9ClF3N3.C6H5ClIN.C6H8N2/c13-11-5-10(9(7-19-11)12(14,15)16)18-6-8-3-1-2-4-17-8;1-4-3-9-6(7)2-5(4)8;7-5-6-3-1-2-4-8-6/h1-5,7H,6H2,(H,18,19);2-3H,1H3;1-4H,5,7H2. The molecule has 36 heavy (non-hydrogen) atoms. The molecular weight excluding hydrogens is 627 g/mol. The van der Waals surface area contributed by atoms with Gasteiger partial charge < -0.3 is 11.1 Å². The van der Waals surface area contributed by atoms with Crippen LogP contribution in [-0.2, 0) is 19.3 Å². The van der Waals surface area contributed by atoms with Gasteiger partial charge in [0.25, 0.3) is 0 Å². The maximum Gasteiger partial charge on any atom is 0.419 e. The van der Waals surface area contributed by atoms with Crippen molar-refractivity contribution in [1.82, 2.24) is 19.9 Å². The van der Waals surface area contributed by atoms with E-state index in [4.69, 9.17) is 28.9 Å². The Labute approximate surface area is 230 Å². The normalized spacial score (nSPS) is 10.4. The minimum absolute atomic E-state index is 0.00322. The minimum Gasteiger partial charge on any atom is -0.379 e. The second-order valence-electron chi connectivity index (χ2n) is 7.01. The van der Waals surface area contributed by atoms with E-state index in [0.29, 0.717) is 23.6 Å². The summed E-state index contributed by atoms with van der Waals surface area (Å²) in [5.41, 5.74) is 7.05. The summed E-state index contributed by atoms with van der Waals surface area (Å²) in [6.07, 6.45) is 1.31. The molecule has 0 aromatic carbocycles. The van der Waals surface area contributed by atoms with E-state index in [-0.39, 0.29) is 17.4 Å². The number of nitrogens with zero attached hydrogens (tertiary/aromatic N) is 4. The molecular formula is C24H22Cl2F3IN6. The van der Waals surface area contributed by atoms with Gasteiger partial charge in [-0.2, -0.15) is 13.2 Å². The highest BCUT2D eigenvalue weighted by molar-refractivity contribution is 14.1. The van der Waals surface area contributed by atoms with Crippen LogP contribution in [-0.4, -0.2) is 19.9 Å². The third kappa shape index (κ3) is 10.6. The Hall–Kier alpha value is -2.54. The Morgan fingerprint density at radius 2 is 1.47 bits per heavy atom. The van der Waals surface area contributed by atoms with Gasteiger partial charge in [0.2, 0.25) is 0 Å². The van der Waals surface area contributed by atoms with Gasteiger partial charge in [0, 0.05) is 34.9 Å². The van der Waals surface area contributed by atoms with Crippen LogP contribution in [0.2, 0.25) is 10.3 Å². The largest absolute Gasteiger partial charge is 0.419 e. The Morgan fingerprint density at radius 3 is 1.94 bits per heavy atom. The molecule has 0 saturated carbocycles. The molecule has 0 atom stereocenters. The molecule has 0 saturated heterocycles. The van der Waals surface area contributed by atoms with Gasteiger partial charge in [-0.1, -0.05) is 35.3 Å². The van der Waals surface area contributed by atoms with Crippen LogP contribution in [0.1, 0.15) is 22.5 Å². The molecule has 190 valence electrons. The third-order valence-electron chi connectivity index (χ3n) is 4.30. The molecule has 4 aromatic heterocycles. The van der Waals surface area contributed by atoms with Crippen molar-refractivity contribution in [2.45, 2.75) is 26.2 Å². The number of alkyl halides is 3. The lowest BCUT2D eigenvalue weighted by molar-refractivity contribution is -0.137. The van der Waals surface area contributed by atoms with Crippen molar-refractivity contribution in [2.75, 3.05) is 5.32 Å². The lowest BCUT2D eigenvalue weighted by Gasteiger charge is -2.14. The molecule has 3 N–H and O–H groups in total. The average molecular weight is 649 g/mol. The fourth-order valence-electron chi connectivity index (χ4n) is 2.49. The van der Waals surface area contributed by atoms with Crippen molar-refractivity contribution in [3.63, 3.8) is 0 Å². The predicted octanol–water partition coefficient (Wildman–Crippen LogP) is 6.95. The topological polar surface area (TPSA) is 89.6 Å². The number of halogens is 6. The van der Waals surface area contributed by atoms with Crippen LogP contribution in [0.15, 0.2) is 73.3 Å². The summed E-state index contributed by atoms with van der Waals surface area (Å²) in [6, 6.07) is 13.9. The molecule has 12 heteroatoms. The molecule has 0 aliphatic rings. The van der Waals surface area contributed by atoms with Crippen LogP contribution in [0.3, 0.4) is 0 Å². The van der Waals surface area contributed by atoms with E-state index in [1.807, 2.05) is 31.2 Å². The van der Waals surface area contributed by atoms with Gasteiger partial charge in [0.15, 0.2) is 0 Å². The maximum absolute atomic E-state index is 12.8. The van der Waals surface area contributed by atoms with E-state index < -0.39 is 11.7 Å². The number of anilines is 1. The van der Waals surface area contributed by atoms with Crippen molar-refractivity contribution in [3.05, 3.63) is 110 Å². The van der Waals surface area contributed by atoms with E-state index in [9.17, 15) is 13.2 Å². The first-order valence-corrected chi connectivity index (χ1v) is 12.2. The number of nitrogens with two attached hydrogens (primary N) is 1. The van der Waals surface area contributed by atoms with Crippen LogP contribution in [0.25, 0.3) is 0 Å². The number of aromatic nitrogens is 4.